The summed E-state index contributed by atoms with van der Waals surface area (Å²) in [6.07, 6.45) is 1.65. The zero-order chi connectivity index (χ0) is 8.55. The molecule has 0 saturated heterocycles. The van der Waals surface area contributed by atoms with Gasteiger partial charge in [0.1, 0.15) is 17.3 Å². The lowest BCUT2D eigenvalue weighted by Gasteiger charge is -1.91. The summed E-state index contributed by atoms with van der Waals surface area (Å²) in [5, 5.41) is 9.22. The third-order valence-corrected chi connectivity index (χ3v) is 1.61. The van der Waals surface area contributed by atoms with E-state index in [1.54, 1.807) is 18.3 Å². The summed E-state index contributed by atoms with van der Waals surface area (Å²) in [5.74, 6) is -0.729. The van der Waals surface area contributed by atoms with Crippen LogP contribution in [-0.2, 0) is 0 Å². The number of rotatable bonds is 0. The van der Waals surface area contributed by atoms with Gasteiger partial charge in [0, 0.05) is 11.6 Å². The minimum Gasteiger partial charge on any atom is -0.346 e. The van der Waals surface area contributed by atoms with Gasteiger partial charge in [0.2, 0.25) is 5.95 Å². The number of H-pyrrole nitrogens is 1. The molecule has 0 amide bonds. The molecule has 0 aliphatic heterocycles. The van der Waals surface area contributed by atoms with Crippen LogP contribution in [0.1, 0.15) is 5.56 Å². The molecule has 0 spiro atoms. The number of fused-ring (bicyclic) bond motifs is 1. The molecule has 0 saturated carbocycles. The fourth-order valence-electron chi connectivity index (χ4n) is 1.04. The van der Waals surface area contributed by atoms with E-state index in [1.807, 2.05) is 0 Å². The summed E-state index contributed by atoms with van der Waals surface area (Å²) in [6.45, 7) is 0. The zero-order valence-electron chi connectivity index (χ0n) is 6.00. The fourth-order valence-corrected chi connectivity index (χ4v) is 1.04. The number of nitrogens with one attached hydrogen (secondary N) is 1. The molecule has 0 bridgehead atoms. The molecule has 2 rings (SSSR count). The molecular formula is C8H4FN3. The summed E-state index contributed by atoms with van der Waals surface area (Å²) in [6, 6.07) is 4.93. The van der Waals surface area contributed by atoms with Gasteiger partial charge in [-0.15, -0.1) is 0 Å². The first kappa shape index (κ1) is 6.80. The maximum absolute atomic E-state index is 12.8. The minimum absolute atomic E-state index is 0.0258. The Labute approximate surface area is 67.5 Å². The Balaban J connectivity index is 2.84. The smallest absolute Gasteiger partial charge is 0.232 e. The zero-order valence-corrected chi connectivity index (χ0v) is 6.00. The standard InChI is InChI=1S/C8H4FN3/c9-7-6(4-10)3-5-1-2-11-8(5)12-7/h1-3H,(H,11,12). The Morgan fingerprint density at radius 3 is 3.17 bits per heavy atom. The Morgan fingerprint density at radius 1 is 1.58 bits per heavy atom. The second-order valence-electron chi connectivity index (χ2n) is 2.35. The van der Waals surface area contributed by atoms with Gasteiger partial charge in [-0.25, -0.2) is 4.98 Å². The molecule has 1 N–H and O–H groups in total. The van der Waals surface area contributed by atoms with Crippen molar-refractivity contribution in [2.75, 3.05) is 0 Å². The fraction of sp³-hybridized carbons (Fsp3) is 0. The number of nitrogens with zero attached hydrogens (tertiary/aromatic N) is 2. The van der Waals surface area contributed by atoms with E-state index in [1.165, 1.54) is 6.07 Å². The van der Waals surface area contributed by atoms with Gasteiger partial charge in [0.15, 0.2) is 0 Å². The van der Waals surface area contributed by atoms with Crippen molar-refractivity contribution in [3.63, 3.8) is 0 Å². The van der Waals surface area contributed by atoms with E-state index in [0.717, 1.165) is 5.39 Å². The Bertz CT molecular complexity index is 467. The largest absolute Gasteiger partial charge is 0.346 e. The first-order valence-corrected chi connectivity index (χ1v) is 3.35. The van der Waals surface area contributed by atoms with Crippen LogP contribution in [0.15, 0.2) is 18.3 Å². The Kier molecular flexibility index (Phi) is 1.31. The Morgan fingerprint density at radius 2 is 2.42 bits per heavy atom. The van der Waals surface area contributed by atoms with Crippen LogP contribution in [0.5, 0.6) is 0 Å². The molecule has 0 aliphatic carbocycles. The van der Waals surface area contributed by atoms with Gasteiger partial charge < -0.3 is 4.98 Å². The lowest BCUT2D eigenvalue weighted by molar-refractivity contribution is 0.584. The highest BCUT2D eigenvalue weighted by Crippen LogP contribution is 2.13. The van der Waals surface area contributed by atoms with Crippen molar-refractivity contribution in [1.29, 1.82) is 5.26 Å². The third kappa shape index (κ3) is 0.839. The van der Waals surface area contributed by atoms with Crippen LogP contribution in [-0.4, -0.2) is 9.97 Å². The maximum atomic E-state index is 12.8. The molecule has 0 aromatic carbocycles. The van der Waals surface area contributed by atoms with Crippen molar-refractivity contribution in [3.05, 3.63) is 29.8 Å². The highest BCUT2D eigenvalue weighted by molar-refractivity contribution is 5.76. The normalized spacial score (nSPS) is 10.0. The number of aromatic amines is 1. The lowest BCUT2D eigenvalue weighted by Crippen LogP contribution is -1.88. The maximum Gasteiger partial charge on any atom is 0.232 e. The molecule has 0 atom stereocenters. The van der Waals surface area contributed by atoms with Crippen LogP contribution in [0.3, 0.4) is 0 Å². The van der Waals surface area contributed by atoms with Crippen LogP contribution < -0.4 is 0 Å². The molecule has 2 heterocycles. The van der Waals surface area contributed by atoms with Crippen LogP contribution in [0.4, 0.5) is 4.39 Å². The highest BCUT2D eigenvalue weighted by atomic mass is 19.1. The minimum atomic E-state index is -0.729. The van der Waals surface area contributed by atoms with Gasteiger partial charge in [-0.1, -0.05) is 0 Å². The van der Waals surface area contributed by atoms with Crippen molar-refractivity contribution in [1.82, 2.24) is 9.97 Å². The molecule has 12 heavy (non-hydrogen) atoms. The molecule has 0 aliphatic rings. The molecule has 58 valence electrons. The predicted octanol–water partition coefficient (Wildman–Crippen LogP) is 1.57. The summed E-state index contributed by atoms with van der Waals surface area (Å²) >= 11 is 0. The monoisotopic (exact) mass is 161 g/mol. The van der Waals surface area contributed by atoms with E-state index in [4.69, 9.17) is 5.26 Å². The van der Waals surface area contributed by atoms with E-state index < -0.39 is 5.95 Å². The number of nitriles is 1. The predicted molar refractivity (Wildman–Crippen MR) is 40.8 cm³/mol. The second kappa shape index (κ2) is 2.31. The summed E-state index contributed by atoms with van der Waals surface area (Å²) in [7, 11) is 0. The van der Waals surface area contributed by atoms with Crippen molar-refractivity contribution in [2.45, 2.75) is 0 Å². The van der Waals surface area contributed by atoms with Crippen LogP contribution >= 0.6 is 0 Å². The highest BCUT2D eigenvalue weighted by Gasteiger charge is 2.05. The van der Waals surface area contributed by atoms with Gasteiger partial charge >= 0.3 is 0 Å². The molecule has 2 aromatic rings. The Hall–Kier alpha value is -1.89. The number of hydrogen-bond acceptors (Lipinski definition) is 2. The van der Waals surface area contributed by atoms with Crippen molar-refractivity contribution < 1.29 is 4.39 Å². The molecule has 0 radical (unpaired) electrons. The average Bonchev–Trinajstić information content (AvgIpc) is 2.49. The molecule has 4 heteroatoms. The SMILES string of the molecule is N#Cc1cc2cc[nH]c2nc1F. The third-order valence-electron chi connectivity index (χ3n) is 1.61. The van der Waals surface area contributed by atoms with Crippen LogP contribution in [0, 0.1) is 17.3 Å². The number of hydrogen-bond donors (Lipinski definition) is 1. The summed E-state index contributed by atoms with van der Waals surface area (Å²) in [5.41, 5.74) is 0.439. The number of halogens is 1. The molecule has 3 nitrogen and oxygen atoms in total. The van der Waals surface area contributed by atoms with Gasteiger partial charge in [-0.3, -0.25) is 0 Å². The molecular weight excluding hydrogens is 157 g/mol. The summed E-state index contributed by atoms with van der Waals surface area (Å²) in [4.78, 5) is 6.31. The van der Waals surface area contributed by atoms with Crippen molar-refractivity contribution in [2.24, 2.45) is 0 Å². The lowest BCUT2D eigenvalue weighted by atomic mass is 10.2. The quantitative estimate of drug-likeness (QED) is 0.596. The van der Waals surface area contributed by atoms with E-state index in [-0.39, 0.29) is 5.56 Å². The van der Waals surface area contributed by atoms with Crippen molar-refractivity contribution in [3.8, 4) is 6.07 Å². The second-order valence-corrected chi connectivity index (χ2v) is 2.35. The average molecular weight is 161 g/mol. The number of aromatic nitrogens is 2. The topological polar surface area (TPSA) is 52.5 Å². The van der Waals surface area contributed by atoms with Crippen LogP contribution in [0.25, 0.3) is 11.0 Å². The van der Waals surface area contributed by atoms with Crippen molar-refractivity contribution >= 4 is 11.0 Å². The van der Waals surface area contributed by atoms with Gasteiger partial charge in [-0.2, -0.15) is 9.65 Å². The molecule has 0 unspecified atom stereocenters. The number of pyridine rings is 1. The molecule has 0 fully saturated rings. The van der Waals surface area contributed by atoms with E-state index in [9.17, 15) is 4.39 Å². The first-order chi connectivity index (χ1) is 5.81. The van der Waals surface area contributed by atoms with E-state index in [0.29, 0.717) is 5.65 Å². The van der Waals surface area contributed by atoms with Gasteiger partial charge in [-0.05, 0) is 12.1 Å². The van der Waals surface area contributed by atoms with Gasteiger partial charge in [0.25, 0.3) is 0 Å². The van der Waals surface area contributed by atoms with E-state index >= 15 is 0 Å². The first-order valence-electron chi connectivity index (χ1n) is 3.35. The van der Waals surface area contributed by atoms with Gasteiger partial charge in [0.05, 0.1) is 0 Å². The summed E-state index contributed by atoms with van der Waals surface area (Å²) < 4.78 is 12.8. The van der Waals surface area contributed by atoms with Crippen LogP contribution in [0.2, 0.25) is 0 Å². The van der Waals surface area contributed by atoms with E-state index in [2.05, 4.69) is 9.97 Å². The molecule has 2 aromatic heterocycles.